The largest absolute Gasteiger partial charge is 0.480 e. The van der Waals surface area contributed by atoms with Crippen LogP contribution in [0.2, 0.25) is 0 Å². The number of aliphatic carboxylic acids is 1. The first kappa shape index (κ1) is 17.6. The third-order valence-corrected chi connectivity index (χ3v) is 4.65. The monoisotopic (exact) mass is 349 g/mol. The maximum Gasteiger partial charge on any atom is 0.407 e. The van der Waals surface area contributed by atoms with Gasteiger partial charge in [-0.1, -0.05) is 48.5 Å². The van der Waals surface area contributed by atoms with Crippen molar-refractivity contribution in [3.8, 4) is 23.5 Å². The van der Waals surface area contributed by atoms with E-state index in [9.17, 15) is 14.7 Å². The highest BCUT2D eigenvalue weighted by Gasteiger charge is 2.30. The number of benzene rings is 2. The summed E-state index contributed by atoms with van der Waals surface area (Å²) < 4.78 is 5.33. The molecule has 0 aromatic heterocycles. The van der Waals surface area contributed by atoms with Gasteiger partial charge >= 0.3 is 12.1 Å². The Balaban J connectivity index is 1.73. The maximum atomic E-state index is 12.1. The van der Waals surface area contributed by atoms with Gasteiger partial charge in [-0.2, -0.15) is 0 Å². The lowest BCUT2D eigenvalue weighted by Gasteiger charge is -2.19. The van der Waals surface area contributed by atoms with E-state index in [-0.39, 0.29) is 12.5 Å². The number of hydrogen-bond acceptors (Lipinski definition) is 3. The van der Waals surface area contributed by atoms with Crippen molar-refractivity contribution in [3.63, 3.8) is 0 Å². The SMILES string of the molecule is C#C[C@@H](C)[C@@H](NC(=O)OCC1c2ccccc2-c2ccccc21)C(=O)O. The molecule has 5 heteroatoms. The lowest BCUT2D eigenvalue weighted by atomic mass is 9.98. The van der Waals surface area contributed by atoms with Crippen molar-refractivity contribution in [2.24, 2.45) is 5.92 Å². The third-order valence-electron chi connectivity index (χ3n) is 4.65. The van der Waals surface area contributed by atoms with E-state index in [1.807, 2.05) is 48.5 Å². The van der Waals surface area contributed by atoms with Crippen LogP contribution in [0.25, 0.3) is 11.1 Å². The van der Waals surface area contributed by atoms with Crippen molar-refractivity contribution in [2.45, 2.75) is 18.9 Å². The van der Waals surface area contributed by atoms with Crippen molar-refractivity contribution in [2.75, 3.05) is 6.61 Å². The summed E-state index contributed by atoms with van der Waals surface area (Å²) in [6.45, 7) is 1.68. The van der Waals surface area contributed by atoms with Crippen LogP contribution < -0.4 is 5.32 Å². The Morgan fingerprint density at radius 2 is 1.69 bits per heavy atom. The van der Waals surface area contributed by atoms with Crippen molar-refractivity contribution in [1.82, 2.24) is 5.32 Å². The number of alkyl carbamates (subject to hydrolysis) is 1. The van der Waals surface area contributed by atoms with E-state index in [2.05, 4.69) is 11.2 Å². The molecule has 0 aliphatic heterocycles. The van der Waals surface area contributed by atoms with Gasteiger partial charge in [-0.15, -0.1) is 12.3 Å². The summed E-state index contributed by atoms with van der Waals surface area (Å²) in [4.78, 5) is 23.4. The molecule has 2 atom stereocenters. The molecule has 0 saturated carbocycles. The number of nitrogens with one attached hydrogen (secondary N) is 1. The summed E-state index contributed by atoms with van der Waals surface area (Å²) in [6.07, 6.45) is 4.47. The van der Waals surface area contributed by atoms with Gasteiger partial charge < -0.3 is 15.2 Å². The fraction of sp³-hybridized carbons (Fsp3) is 0.238. The van der Waals surface area contributed by atoms with Crippen LogP contribution >= 0.6 is 0 Å². The van der Waals surface area contributed by atoms with Crippen LogP contribution in [-0.4, -0.2) is 29.8 Å². The standard InChI is InChI=1S/C21H19NO4/c1-3-13(2)19(20(23)24)22-21(25)26-12-18-16-10-6-4-8-14(16)15-9-5-7-11-17(15)18/h1,4-11,13,18-19H,12H2,2H3,(H,22,25)(H,23,24)/t13-,19-/m1/s1. The number of carbonyl (C=O) groups is 2. The molecule has 132 valence electrons. The van der Waals surface area contributed by atoms with Gasteiger partial charge in [-0.25, -0.2) is 9.59 Å². The molecule has 0 saturated heterocycles. The van der Waals surface area contributed by atoms with Gasteiger partial charge in [-0.05, 0) is 29.2 Å². The minimum atomic E-state index is -1.19. The second-order valence-electron chi connectivity index (χ2n) is 6.24. The summed E-state index contributed by atoms with van der Waals surface area (Å²) in [5, 5.41) is 11.5. The third kappa shape index (κ3) is 3.27. The van der Waals surface area contributed by atoms with Gasteiger partial charge in [0.05, 0.1) is 0 Å². The van der Waals surface area contributed by atoms with Crippen LogP contribution in [0, 0.1) is 18.3 Å². The summed E-state index contributed by atoms with van der Waals surface area (Å²) >= 11 is 0. The van der Waals surface area contributed by atoms with Crippen LogP contribution in [-0.2, 0) is 9.53 Å². The molecule has 0 radical (unpaired) electrons. The summed E-state index contributed by atoms with van der Waals surface area (Å²) in [6, 6.07) is 14.8. The summed E-state index contributed by atoms with van der Waals surface area (Å²) in [7, 11) is 0. The van der Waals surface area contributed by atoms with Gasteiger partial charge in [-0.3, -0.25) is 0 Å². The van der Waals surface area contributed by atoms with Crippen molar-refractivity contribution < 1.29 is 19.4 Å². The molecule has 1 amide bonds. The molecule has 0 unspecified atom stereocenters. The van der Waals surface area contributed by atoms with Crippen LogP contribution in [0.3, 0.4) is 0 Å². The molecule has 5 nitrogen and oxygen atoms in total. The smallest absolute Gasteiger partial charge is 0.407 e. The normalized spacial score (nSPS) is 14.5. The average molecular weight is 349 g/mol. The number of carboxylic acids is 1. The molecule has 0 heterocycles. The van der Waals surface area contributed by atoms with E-state index in [0.717, 1.165) is 22.3 Å². The highest BCUT2D eigenvalue weighted by molar-refractivity contribution is 5.81. The van der Waals surface area contributed by atoms with Gasteiger partial charge in [0.2, 0.25) is 0 Å². The van der Waals surface area contributed by atoms with Gasteiger partial charge in [0.15, 0.2) is 0 Å². The van der Waals surface area contributed by atoms with E-state index in [0.29, 0.717) is 0 Å². The first-order chi connectivity index (χ1) is 12.5. The fourth-order valence-corrected chi connectivity index (χ4v) is 3.26. The highest BCUT2D eigenvalue weighted by atomic mass is 16.5. The topological polar surface area (TPSA) is 75.6 Å². The van der Waals surface area contributed by atoms with Crippen molar-refractivity contribution >= 4 is 12.1 Å². The van der Waals surface area contributed by atoms with Gasteiger partial charge in [0.1, 0.15) is 12.6 Å². The molecular formula is C21H19NO4. The van der Waals surface area contributed by atoms with Crippen molar-refractivity contribution in [1.29, 1.82) is 0 Å². The fourth-order valence-electron chi connectivity index (χ4n) is 3.26. The van der Waals surface area contributed by atoms with E-state index < -0.39 is 24.0 Å². The molecule has 26 heavy (non-hydrogen) atoms. The number of fused-ring (bicyclic) bond motifs is 3. The molecule has 2 N–H and O–H groups in total. The van der Waals surface area contributed by atoms with Crippen LogP contribution in [0.5, 0.6) is 0 Å². The van der Waals surface area contributed by atoms with Crippen molar-refractivity contribution in [3.05, 3.63) is 59.7 Å². The molecule has 1 aliphatic carbocycles. The maximum absolute atomic E-state index is 12.1. The van der Waals surface area contributed by atoms with E-state index in [1.54, 1.807) is 6.92 Å². The minimum absolute atomic E-state index is 0.0820. The second kappa shape index (κ2) is 7.32. The Bertz CT molecular complexity index is 838. The Morgan fingerprint density at radius 1 is 1.15 bits per heavy atom. The molecule has 2 aromatic carbocycles. The number of amides is 1. The van der Waals surface area contributed by atoms with Crippen LogP contribution in [0.15, 0.2) is 48.5 Å². The Hall–Kier alpha value is -3.26. The van der Waals surface area contributed by atoms with Crippen LogP contribution in [0.1, 0.15) is 24.0 Å². The second-order valence-corrected chi connectivity index (χ2v) is 6.24. The van der Waals surface area contributed by atoms with E-state index >= 15 is 0 Å². The number of carboxylic acid groups (broad SMARTS) is 1. The van der Waals surface area contributed by atoms with Gasteiger partial charge in [0.25, 0.3) is 0 Å². The minimum Gasteiger partial charge on any atom is -0.480 e. The number of rotatable bonds is 5. The molecular weight excluding hydrogens is 330 g/mol. The Morgan fingerprint density at radius 3 is 2.19 bits per heavy atom. The number of terminal acetylenes is 1. The average Bonchev–Trinajstić information content (AvgIpc) is 2.97. The zero-order valence-electron chi connectivity index (χ0n) is 14.3. The lowest BCUT2D eigenvalue weighted by Crippen LogP contribution is -2.45. The molecule has 1 aliphatic rings. The predicted molar refractivity (Wildman–Crippen MR) is 97.6 cm³/mol. The first-order valence-electron chi connectivity index (χ1n) is 8.33. The van der Waals surface area contributed by atoms with E-state index in [1.165, 1.54) is 0 Å². The Kier molecular flexibility index (Phi) is 4.94. The molecule has 2 aromatic rings. The number of hydrogen-bond donors (Lipinski definition) is 2. The zero-order chi connectivity index (χ0) is 18.7. The molecule has 0 spiro atoms. The zero-order valence-corrected chi connectivity index (χ0v) is 14.3. The first-order valence-corrected chi connectivity index (χ1v) is 8.33. The summed E-state index contributed by atoms with van der Waals surface area (Å²) in [5.41, 5.74) is 4.43. The van der Waals surface area contributed by atoms with Crippen LogP contribution in [0.4, 0.5) is 4.79 Å². The van der Waals surface area contributed by atoms with Gasteiger partial charge in [0, 0.05) is 11.8 Å². The molecule has 0 bridgehead atoms. The highest BCUT2D eigenvalue weighted by Crippen LogP contribution is 2.44. The summed E-state index contributed by atoms with van der Waals surface area (Å²) in [5.74, 6) is 0.406. The molecule has 0 fully saturated rings. The number of carbonyl (C=O) groups excluding carboxylic acids is 1. The quantitative estimate of drug-likeness (QED) is 0.813. The Labute approximate surface area is 152 Å². The number of ether oxygens (including phenoxy) is 1. The predicted octanol–water partition coefficient (Wildman–Crippen LogP) is 3.25. The lowest BCUT2D eigenvalue weighted by molar-refractivity contribution is -0.140. The van der Waals surface area contributed by atoms with E-state index in [4.69, 9.17) is 11.2 Å². The molecule has 3 rings (SSSR count).